The number of benzene rings is 1. The lowest BCUT2D eigenvalue weighted by atomic mass is 10.3. The van der Waals surface area contributed by atoms with Gasteiger partial charge in [0.05, 0.1) is 29.0 Å². The van der Waals surface area contributed by atoms with Crippen LogP contribution in [0.3, 0.4) is 0 Å². The van der Waals surface area contributed by atoms with Gasteiger partial charge in [-0.1, -0.05) is 0 Å². The number of alkyl halides is 2. The summed E-state index contributed by atoms with van der Waals surface area (Å²) in [5.74, 6) is -3.32. The Kier molecular flexibility index (Phi) is 4.11. The predicted octanol–water partition coefficient (Wildman–Crippen LogP) is -0.251. The van der Waals surface area contributed by atoms with Gasteiger partial charge in [-0.2, -0.15) is 0 Å². The van der Waals surface area contributed by atoms with Crippen molar-refractivity contribution in [2.24, 2.45) is 19.8 Å². The zero-order chi connectivity index (χ0) is 16.7. The molecule has 0 bridgehead atoms. The van der Waals surface area contributed by atoms with E-state index in [0.29, 0.717) is 11.0 Å². The Bertz CT molecular complexity index is 870. The molecule has 1 heterocycles. The van der Waals surface area contributed by atoms with Crippen LogP contribution in [-0.2, 0) is 24.1 Å². The number of nitrogens with one attached hydrogen (secondary N) is 1. The van der Waals surface area contributed by atoms with Crippen molar-refractivity contribution in [2.75, 3.05) is 13.1 Å². The second-order valence-corrected chi connectivity index (χ2v) is 6.70. The molecule has 122 valence electrons. The largest absolute Gasteiger partial charge is 0.328 e. The zero-order valence-electron chi connectivity index (χ0n) is 12.0. The third-order valence-corrected chi connectivity index (χ3v) is 4.77. The number of rotatable bonds is 5. The van der Waals surface area contributed by atoms with Crippen LogP contribution in [0.1, 0.15) is 0 Å². The summed E-state index contributed by atoms with van der Waals surface area (Å²) in [6.45, 7) is -2.04. The molecule has 0 radical (unpaired) electrons. The molecule has 0 fully saturated rings. The second-order valence-electron chi connectivity index (χ2n) is 4.94. The van der Waals surface area contributed by atoms with Crippen molar-refractivity contribution in [1.82, 2.24) is 13.9 Å². The maximum atomic E-state index is 13.1. The maximum Gasteiger partial charge on any atom is 0.328 e. The van der Waals surface area contributed by atoms with Crippen molar-refractivity contribution in [3.05, 3.63) is 28.7 Å². The van der Waals surface area contributed by atoms with E-state index >= 15 is 0 Å². The molecule has 0 aliphatic rings. The van der Waals surface area contributed by atoms with Crippen LogP contribution in [0.5, 0.6) is 0 Å². The molecule has 7 nitrogen and oxygen atoms in total. The van der Waals surface area contributed by atoms with E-state index in [1.165, 1.54) is 34.4 Å². The third-order valence-electron chi connectivity index (χ3n) is 3.37. The van der Waals surface area contributed by atoms with Crippen LogP contribution in [0, 0.1) is 0 Å². The smallest absolute Gasteiger partial charge is 0.325 e. The molecule has 0 amide bonds. The molecule has 2 aromatic rings. The van der Waals surface area contributed by atoms with Gasteiger partial charge in [-0.3, -0.25) is 9.13 Å². The SMILES string of the molecule is Cn1c(=O)n(C)c2cc(S(=O)(=O)NCC(F)(F)CN)ccc21. The Labute approximate surface area is 125 Å². The summed E-state index contributed by atoms with van der Waals surface area (Å²) in [4.78, 5) is 11.6. The quantitative estimate of drug-likeness (QED) is 0.787. The fraction of sp³-hybridized carbons (Fsp3) is 0.417. The molecule has 22 heavy (non-hydrogen) atoms. The van der Waals surface area contributed by atoms with E-state index in [0.717, 1.165) is 0 Å². The summed E-state index contributed by atoms with van der Waals surface area (Å²) in [6.07, 6.45) is 0. The van der Waals surface area contributed by atoms with Gasteiger partial charge in [0.15, 0.2) is 0 Å². The van der Waals surface area contributed by atoms with Crippen molar-refractivity contribution in [3.63, 3.8) is 0 Å². The maximum absolute atomic E-state index is 13.1. The summed E-state index contributed by atoms with van der Waals surface area (Å²) in [6, 6.07) is 3.97. The molecule has 0 saturated heterocycles. The summed E-state index contributed by atoms with van der Waals surface area (Å²) in [5, 5.41) is 0. The van der Waals surface area contributed by atoms with E-state index in [-0.39, 0.29) is 10.6 Å². The number of fused-ring (bicyclic) bond motifs is 1. The highest BCUT2D eigenvalue weighted by atomic mass is 32.2. The number of aryl methyl sites for hydroxylation is 2. The van der Waals surface area contributed by atoms with E-state index in [1.54, 1.807) is 7.05 Å². The van der Waals surface area contributed by atoms with E-state index in [4.69, 9.17) is 5.73 Å². The molecule has 0 unspecified atom stereocenters. The lowest BCUT2D eigenvalue weighted by Crippen LogP contribution is -2.41. The first-order valence-electron chi connectivity index (χ1n) is 6.32. The van der Waals surface area contributed by atoms with Crippen LogP contribution in [0.25, 0.3) is 11.0 Å². The molecule has 10 heteroatoms. The first kappa shape index (κ1) is 16.6. The summed E-state index contributed by atoms with van der Waals surface area (Å²) >= 11 is 0. The molecular formula is C12H16F2N4O3S. The topological polar surface area (TPSA) is 99.1 Å². The van der Waals surface area contributed by atoms with Gasteiger partial charge < -0.3 is 5.73 Å². The van der Waals surface area contributed by atoms with Gasteiger partial charge in [-0.05, 0) is 18.2 Å². The summed E-state index contributed by atoms with van der Waals surface area (Å²) < 4.78 is 54.7. The van der Waals surface area contributed by atoms with Gasteiger partial charge in [0, 0.05) is 14.1 Å². The average molecular weight is 334 g/mol. The Balaban J connectivity index is 2.42. The molecule has 0 saturated carbocycles. The zero-order valence-corrected chi connectivity index (χ0v) is 12.8. The first-order chi connectivity index (χ1) is 10.1. The lowest BCUT2D eigenvalue weighted by Gasteiger charge is -2.14. The number of hydrogen-bond donors (Lipinski definition) is 2. The fourth-order valence-corrected chi connectivity index (χ4v) is 3.09. The van der Waals surface area contributed by atoms with Crippen LogP contribution in [0.4, 0.5) is 8.78 Å². The molecule has 0 atom stereocenters. The molecule has 0 spiro atoms. The van der Waals surface area contributed by atoms with E-state index in [9.17, 15) is 22.0 Å². The minimum atomic E-state index is -4.13. The van der Waals surface area contributed by atoms with Crippen LogP contribution in [-0.4, -0.2) is 36.6 Å². The van der Waals surface area contributed by atoms with E-state index < -0.39 is 29.0 Å². The third kappa shape index (κ3) is 2.89. The lowest BCUT2D eigenvalue weighted by molar-refractivity contribution is 0.0170. The molecule has 1 aromatic carbocycles. The van der Waals surface area contributed by atoms with Crippen LogP contribution in [0.15, 0.2) is 27.9 Å². The van der Waals surface area contributed by atoms with Gasteiger partial charge in [0.2, 0.25) is 10.0 Å². The Morgan fingerprint density at radius 2 is 1.82 bits per heavy atom. The van der Waals surface area contributed by atoms with Gasteiger partial charge in [0.1, 0.15) is 0 Å². The Hall–Kier alpha value is -1.78. The number of halogens is 2. The monoisotopic (exact) mass is 334 g/mol. The molecule has 3 N–H and O–H groups in total. The van der Waals surface area contributed by atoms with E-state index in [2.05, 4.69) is 0 Å². The normalized spacial score (nSPS) is 13.0. The second kappa shape index (κ2) is 5.45. The molecule has 0 aliphatic carbocycles. The molecular weight excluding hydrogens is 318 g/mol. The van der Waals surface area contributed by atoms with Crippen molar-refractivity contribution in [3.8, 4) is 0 Å². The minimum Gasteiger partial charge on any atom is -0.325 e. The summed E-state index contributed by atoms with van der Waals surface area (Å²) in [5.41, 5.74) is 5.48. The highest BCUT2D eigenvalue weighted by Gasteiger charge is 2.29. The van der Waals surface area contributed by atoms with Crippen LogP contribution in [0.2, 0.25) is 0 Å². The van der Waals surface area contributed by atoms with Gasteiger partial charge in [-0.25, -0.2) is 26.7 Å². The molecule has 0 aliphatic heterocycles. The highest BCUT2D eigenvalue weighted by molar-refractivity contribution is 7.89. The van der Waals surface area contributed by atoms with Crippen LogP contribution >= 0.6 is 0 Å². The predicted molar refractivity (Wildman–Crippen MR) is 77.3 cm³/mol. The van der Waals surface area contributed by atoms with Crippen LogP contribution < -0.4 is 16.1 Å². The number of aromatic nitrogens is 2. The first-order valence-corrected chi connectivity index (χ1v) is 7.80. The van der Waals surface area contributed by atoms with Crippen molar-refractivity contribution >= 4 is 21.1 Å². The van der Waals surface area contributed by atoms with Gasteiger partial charge >= 0.3 is 5.69 Å². The standard InChI is InChI=1S/C12H16F2N4O3S/c1-17-9-4-3-8(5-10(9)18(2)11(17)19)22(20,21)16-7-12(13,14)6-15/h3-5,16H,6-7,15H2,1-2H3. The Morgan fingerprint density at radius 3 is 2.41 bits per heavy atom. The van der Waals surface area contributed by atoms with E-state index in [1.807, 2.05) is 4.72 Å². The molecule has 2 rings (SSSR count). The number of hydrogen-bond acceptors (Lipinski definition) is 4. The van der Waals surface area contributed by atoms with Crippen molar-refractivity contribution in [1.29, 1.82) is 0 Å². The average Bonchev–Trinajstić information content (AvgIpc) is 2.70. The van der Waals surface area contributed by atoms with Crippen molar-refractivity contribution < 1.29 is 17.2 Å². The summed E-state index contributed by atoms with van der Waals surface area (Å²) in [7, 11) is -1.07. The Morgan fingerprint density at radius 1 is 1.23 bits per heavy atom. The number of nitrogens with two attached hydrogens (primary N) is 1. The fourth-order valence-electron chi connectivity index (χ4n) is 2.01. The highest BCUT2D eigenvalue weighted by Crippen LogP contribution is 2.18. The van der Waals surface area contributed by atoms with Crippen molar-refractivity contribution in [2.45, 2.75) is 10.8 Å². The molecule has 1 aromatic heterocycles. The van der Waals surface area contributed by atoms with Gasteiger partial charge in [-0.15, -0.1) is 0 Å². The van der Waals surface area contributed by atoms with Gasteiger partial charge in [0.25, 0.3) is 5.92 Å². The number of sulfonamides is 1. The number of nitrogens with zero attached hydrogens (tertiary/aromatic N) is 2. The number of imidazole rings is 1. The minimum absolute atomic E-state index is 0.200.